The van der Waals surface area contributed by atoms with Gasteiger partial charge in [-0.05, 0) is 30.5 Å². The van der Waals surface area contributed by atoms with Gasteiger partial charge in [0.1, 0.15) is 5.82 Å². The van der Waals surface area contributed by atoms with Crippen molar-refractivity contribution in [1.29, 1.82) is 0 Å². The van der Waals surface area contributed by atoms with Crippen molar-refractivity contribution in [2.75, 3.05) is 6.54 Å². The molecule has 0 bridgehead atoms. The summed E-state index contributed by atoms with van der Waals surface area (Å²) in [6, 6.07) is 4.80. The lowest BCUT2D eigenvalue weighted by atomic mass is 10.1. The van der Waals surface area contributed by atoms with E-state index in [0.29, 0.717) is 24.2 Å². The summed E-state index contributed by atoms with van der Waals surface area (Å²) in [6.07, 6.45) is 4.57. The Labute approximate surface area is 123 Å². The van der Waals surface area contributed by atoms with Crippen LogP contribution in [0.25, 0.3) is 0 Å². The van der Waals surface area contributed by atoms with E-state index < -0.39 is 0 Å². The van der Waals surface area contributed by atoms with E-state index in [4.69, 9.17) is 22.5 Å². The lowest BCUT2D eigenvalue weighted by Gasteiger charge is -2.28. The SMILES string of the molecule is NC(CN(Cc1ccc(F)cc1Cl)C1CCCC1)=NO. The highest BCUT2D eigenvalue weighted by atomic mass is 35.5. The van der Waals surface area contributed by atoms with Gasteiger partial charge in [0.25, 0.3) is 0 Å². The Morgan fingerprint density at radius 3 is 2.75 bits per heavy atom. The van der Waals surface area contributed by atoms with Crippen LogP contribution in [0.1, 0.15) is 31.2 Å². The highest BCUT2D eigenvalue weighted by molar-refractivity contribution is 6.31. The molecular weight excluding hydrogens is 281 g/mol. The second kappa shape index (κ2) is 6.90. The highest BCUT2D eigenvalue weighted by Gasteiger charge is 2.24. The fourth-order valence-corrected chi connectivity index (χ4v) is 2.92. The van der Waals surface area contributed by atoms with Crippen molar-refractivity contribution >= 4 is 17.4 Å². The molecule has 1 aromatic carbocycles. The third-order valence-corrected chi connectivity index (χ3v) is 4.08. The van der Waals surface area contributed by atoms with Crippen molar-refractivity contribution in [2.24, 2.45) is 10.9 Å². The van der Waals surface area contributed by atoms with Crippen molar-refractivity contribution in [1.82, 2.24) is 4.90 Å². The molecule has 20 heavy (non-hydrogen) atoms. The molecule has 0 saturated heterocycles. The molecular formula is C14H19ClFN3O. The van der Waals surface area contributed by atoms with E-state index in [2.05, 4.69) is 10.1 Å². The molecule has 4 nitrogen and oxygen atoms in total. The van der Waals surface area contributed by atoms with Crippen LogP contribution in [0, 0.1) is 5.82 Å². The minimum Gasteiger partial charge on any atom is -0.409 e. The molecule has 0 amide bonds. The summed E-state index contributed by atoms with van der Waals surface area (Å²) in [5.41, 5.74) is 6.48. The number of halogens is 2. The van der Waals surface area contributed by atoms with E-state index in [1.54, 1.807) is 6.07 Å². The van der Waals surface area contributed by atoms with Gasteiger partial charge < -0.3 is 10.9 Å². The number of nitrogens with zero attached hydrogens (tertiary/aromatic N) is 2. The molecule has 0 unspecified atom stereocenters. The van der Waals surface area contributed by atoms with Crippen LogP contribution in [0.3, 0.4) is 0 Å². The molecule has 1 aliphatic carbocycles. The molecule has 1 fully saturated rings. The van der Waals surface area contributed by atoms with Crippen LogP contribution in [0.4, 0.5) is 4.39 Å². The van der Waals surface area contributed by atoms with Crippen molar-refractivity contribution < 1.29 is 9.60 Å². The normalized spacial score (nSPS) is 17.1. The third-order valence-electron chi connectivity index (χ3n) is 3.72. The van der Waals surface area contributed by atoms with E-state index in [1.165, 1.54) is 25.0 Å². The molecule has 0 aromatic heterocycles. The Morgan fingerprint density at radius 2 is 2.15 bits per heavy atom. The Balaban J connectivity index is 2.13. The maximum Gasteiger partial charge on any atom is 0.153 e. The van der Waals surface area contributed by atoms with Crippen molar-refractivity contribution in [3.8, 4) is 0 Å². The summed E-state index contributed by atoms with van der Waals surface area (Å²) in [5, 5.41) is 12.2. The second-order valence-corrected chi connectivity index (χ2v) is 5.58. The van der Waals surface area contributed by atoms with Gasteiger partial charge in [-0.3, -0.25) is 4.90 Å². The molecule has 3 N–H and O–H groups in total. The van der Waals surface area contributed by atoms with Gasteiger partial charge in [0.15, 0.2) is 5.84 Å². The maximum atomic E-state index is 13.1. The number of hydrogen-bond donors (Lipinski definition) is 2. The van der Waals surface area contributed by atoms with Crippen LogP contribution in [-0.2, 0) is 6.54 Å². The van der Waals surface area contributed by atoms with Gasteiger partial charge in [-0.2, -0.15) is 0 Å². The predicted molar refractivity (Wildman–Crippen MR) is 77.5 cm³/mol. The fourth-order valence-electron chi connectivity index (χ4n) is 2.69. The first-order valence-corrected chi connectivity index (χ1v) is 7.12. The van der Waals surface area contributed by atoms with E-state index >= 15 is 0 Å². The molecule has 0 atom stereocenters. The number of benzene rings is 1. The Morgan fingerprint density at radius 1 is 1.45 bits per heavy atom. The first kappa shape index (κ1) is 15.1. The van der Waals surface area contributed by atoms with Gasteiger partial charge in [0.2, 0.25) is 0 Å². The van der Waals surface area contributed by atoms with Gasteiger partial charge in [-0.25, -0.2) is 4.39 Å². The molecule has 1 saturated carbocycles. The van der Waals surface area contributed by atoms with Crippen LogP contribution in [0.5, 0.6) is 0 Å². The zero-order chi connectivity index (χ0) is 14.5. The second-order valence-electron chi connectivity index (χ2n) is 5.17. The van der Waals surface area contributed by atoms with Crippen LogP contribution in [0.15, 0.2) is 23.4 Å². The minimum absolute atomic E-state index is 0.176. The molecule has 0 heterocycles. The van der Waals surface area contributed by atoms with Crippen LogP contribution >= 0.6 is 11.6 Å². The van der Waals surface area contributed by atoms with Crippen molar-refractivity contribution in [3.63, 3.8) is 0 Å². The molecule has 0 radical (unpaired) electrons. The van der Waals surface area contributed by atoms with Crippen LogP contribution < -0.4 is 5.73 Å². The van der Waals surface area contributed by atoms with E-state index in [1.807, 2.05) is 0 Å². The lowest BCUT2D eigenvalue weighted by Crippen LogP contribution is -2.39. The molecule has 2 rings (SSSR count). The fraction of sp³-hybridized carbons (Fsp3) is 0.500. The van der Waals surface area contributed by atoms with E-state index in [0.717, 1.165) is 18.4 Å². The average molecular weight is 300 g/mol. The van der Waals surface area contributed by atoms with Crippen molar-refractivity contribution in [2.45, 2.75) is 38.3 Å². The zero-order valence-corrected chi connectivity index (χ0v) is 12.0. The number of amidine groups is 1. The molecule has 0 aliphatic heterocycles. The molecule has 110 valence electrons. The third kappa shape index (κ3) is 3.84. The quantitative estimate of drug-likeness (QED) is 0.380. The lowest BCUT2D eigenvalue weighted by molar-refractivity contribution is 0.214. The number of nitrogens with two attached hydrogens (primary N) is 1. The summed E-state index contributed by atoms with van der Waals surface area (Å²) in [5.74, 6) is -0.169. The summed E-state index contributed by atoms with van der Waals surface area (Å²) >= 11 is 6.07. The smallest absolute Gasteiger partial charge is 0.153 e. The van der Waals surface area contributed by atoms with E-state index in [9.17, 15) is 4.39 Å². The number of rotatable bonds is 5. The molecule has 6 heteroatoms. The first-order chi connectivity index (χ1) is 9.60. The topological polar surface area (TPSA) is 61.8 Å². The molecule has 0 spiro atoms. The summed E-state index contributed by atoms with van der Waals surface area (Å²) in [4.78, 5) is 2.14. The summed E-state index contributed by atoms with van der Waals surface area (Å²) in [6.45, 7) is 0.953. The van der Waals surface area contributed by atoms with Gasteiger partial charge in [0, 0.05) is 17.6 Å². The number of oxime groups is 1. The zero-order valence-electron chi connectivity index (χ0n) is 11.2. The Kier molecular flexibility index (Phi) is 5.20. The Hall–Kier alpha value is -1.33. The van der Waals surface area contributed by atoms with Crippen LogP contribution in [-0.4, -0.2) is 28.5 Å². The number of hydrogen-bond acceptors (Lipinski definition) is 3. The van der Waals surface area contributed by atoms with Crippen LogP contribution in [0.2, 0.25) is 5.02 Å². The van der Waals surface area contributed by atoms with Gasteiger partial charge >= 0.3 is 0 Å². The standard InChI is InChI=1S/C14H19ClFN3O/c15-13-7-11(16)6-5-10(13)8-19(9-14(17)18-20)12-3-1-2-4-12/h5-7,12,20H,1-4,8-9H2,(H2,17,18). The average Bonchev–Trinajstić information content (AvgIpc) is 2.94. The van der Waals surface area contributed by atoms with Gasteiger partial charge in [-0.15, -0.1) is 0 Å². The largest absolute Gasteiger partial charge is 0.409 e. The summed E-state index contributed by atoms with van der Waals surface area (Å²) in [7, 11) is 0. The van der Waals surface area contributed by atoms with Crippen molar-refractivity contribution in [3.05, 3.63) is 34.6 Å². The Bertz CT molecular complexity index is 489. The molecule has 1 aromatic rings. The first-order valence-electron chi connectivity index (χ1n) is 6.74. The highest BCUT2D eigenvalue weighted by Crippen LogP contribution is 2.26. The van der Waals surface area contributed by atoms with Gasteiger partial charge in [0.05, 0.1) is 6.54 Å². The minimum atomic E-state index is -0.345. The monoisotopic (exact) mass is 299 g/mol. The maximum absolute atomic E-state index is 13.1. The van der Waals surface area contributed by atoms with E-state index in [-0.39, 0.29) is 11.7 Å². The molecule has 1 aliphatic rings. The summed E-state index contributed by atoms with van der Waals surface area (Å²) < 4.78 is 13.1. The van der Waals surface area contributed by atoms with Gasteiger partial charge in [-0.1, -0.05) is 35.7 Å². The predicted octanol–water partition coefficient (Wildman–Crippen LogP) is 2.97.